The molecule has 2 amide bonds. The normalized spacial score (nSPS) is 11.1. The van der Waals surface area contributed by atoms with Crippen LogP contribution in [0.15, 0.2) is 42.5 Å². The predicted octanol–water partition coefficient (Wildman–Crippen LogP) is 3.76. The largest absolute Gasteiger partial charge is 0.496 e. The molecule has 0 aliphatic rings. The molecule has 0 spiro atoms. The van der Waals surface area contributed by atoms with Gasteiger partial charge in [0.1, 0.15) is 5.75 Å². The van der Waals surface area contributed by atoms with Gasteiger partial charge in [-0.2, -0.15) is 13.2 Å². The first-order valence-electron chi connectivity index (χ1n) is 8.13. The molecule has 2 rings (SSSR count). The molecule has 0 fully saturated rings. The van der Waals surface area contributed by atoms with Crippen LogP contribution in [0.5, 0.6) is 5.75 Å². The van der Waals surface area contributed by atoms with E-state index in [1.165, 1.54) is 12.0 Å². The number of halogens is 4. The molecule has 0 saturated heterocycles. The molecule has 2 aromatic carbocycles. The zero-order valence-corrected chi connectivity index (χ0v) is 15.9. The quantitative estimate of drug-likeness (QED) is 0.783. The molecule has 0 atom stereocenters. The molecular formula is C19H18ClF3N2O3. The smallest absolute Gasteiger partial charge is 0.416 e. The van der Waals surface area contributed by atoms with Gasteiger partial charge < -0.3 is 15.0 Å². The number of hydrogen-bond donors (Lipinski definition) is 1. The van der Waals surface area contributed by atoms with Crippen LogP contribution in [0.25, 0.3) is 0 Å². The Bertz CT molecular complexity index is 854. The first-order chi connectivity index (χ1) is 13.1. The van der Waals surface area contributed by atoms with Crippen molar-refractivity contribution in [1.29, 1.82) is 0 Å². The highest BCUT2D eigenvalue weighted by Gasteiger charge is 2.30. The fourth-order valence-electron chi connectivity index (χ4n) is 2.42. The summed E-state index contributed by atoms with van der Waals surface area (Å²) in [6.45, 7) is -0.0993. The van der Waals surface area contributed by atoms with Crippen LogP contribution in [0.2, 0.25) is 5.02 Å². The van der Waals surface area contributed by atoms with Crippen molar-refractivity contribution in [3.63, 3.8) is 0 Å². The van der Waals surface area contributed by atoms with Crippen molar-refractivity contribution in [3.8, 4) is 5.75 Å². The lowest BCUT2D eigenvalue weighted by Gasteiger charge is -2.19. The number of amides is 2. The number of ether oxygens (including phenoxy) is 1. The van der Waals surface area contributed by atoms with Gasteiger partial charge in [-0.15, -0.1) is 0 Å². The third kappa shape index (κ3) is 5.63. The average molecular weight is 415 g/mol. The number of nitrogens with zero attached hydrogens (tertiary/aromatic N) is 1. The van der Waals surface area contributed by atoms with Crippen LogP contribution in [-0.4, -0.2) is 37.4 Å². The van der Waals surface area contributed by atoms with E-state index in [0.717, 1.165) is 24.3 Å². The highest BCUT2D eigenvalue weighted by molar-refractivity contribution is 6.30. The van der Waals surface area contributed by atoms with Crippen molar-refractivity contribution in [1.82, 2.24) is 10.2 Å². The number of rotatable bonds is 6. The molecule has 0 unspecified atom stereocenters. The van der Waals surface area contributed by atoms with Crippen LogP contribution in [0.3, 0.4) is 0 Å². The lowest BCUT2D eigenvalue weighted by atomic mass is 10.1. The number of carbonyl (C=O) groups is 2. The molecule has 1 N–H and O–H groups in total. The molecule has 9 heteroatoms. The molecule has 0 aromatic heterocycles. The maximum atomic E-state index is 12.6. The number of likely N-dealkylation sites (N-methyl/N-ethyl adjacent to an activating group) is 1. The first-order valence-corrected chi connectivity index (χ1v) is 8.51. The second-order valence-electron chi connectivity index (χ2n) is 5.96. The standard InChI is InChI=1S/C19H18ClF3N2O3/c1-25(11-13-9-15(20)7-8-16(13)28-2)17(26)10-24-18(27)12-3-5-14(6-4-12)19(21,22)23/h3-9H,10-11H2,1-2H3,(H,24,27). The van der Waals surface area contributed by atoms with E-state index in [0.29, 0.717) is 16.3 Å². The summed E-state index contributed by atoms with van der Waals surface area (Å²) in [5.41, 5.74) is -0.129. The predicted molar refractivity (Wildman–Crippen MR) is 98.3 cm³/mol. The van der Waals surface area contributed by atoms with Crippen LogP contribution in [0.1, 0.15) is 21.5 Å². The number of benzene rings is 2. The molecule has 28 heavy (non-hydrogen) atoms. The summed E-state index contributed by atoms with van der Waals surface area (Å²) < 4.78 is 42.9. The fourth-order valence-corrected chi connectivity index (χ4v) is 2.61. The van der Waals surface area contributed by atoms with Gasteiger partial charge in [0.2, 0.25) is 5.91 Å². The Morgan fingerprint density at radius 1 is 1.14 bits per heavy atom. The van der Waals surface area contributed by atoms with Crippen molar-refractivity contribution < 1.29 is 27.5 Å². The molecule has 5 nitrogen and oxygen atoms in total. The van der Waals surface area contributed by atoms with Gasteiger partial charge in [0.25, 0.3) is 5.91 Å². The minimum absolute atomic E-state index is 0.0277. The highest BCUT2D eigenvalue weighted by Crippen LogP contribution is 2.29. The Labute approximate surface area is 165 Å². The van der Waals surface area contributed by atoms with Crippen molar-refractivity contribution in [3.05, 3.63) is 64.2 Å². The molecule has 0 saturated carbocycles. The van der Waals surface area contributed by atoms with E-state index in [1.54, 1.807) is 25.2 Å². The van der Waals surface area contributed by atoms with Crippen LogP contribution in [0, 0.1) is 0 Å². The number of alkyl halides is 3. The van der Waals surface area contributed by atoms with E-state index >= 15 is 0 Å². The summed E-state index contributed by atoms with van der Waals surface area (Å²) in [5, 5.41) is 2.89. The summed E-state index contributed by atoms with van der Waals surface area (Å²) in [5.74, 6) is -0.462. The van der Waals surface area contributed by atoms with E-state index in [2.05, 4.69) is 5.32 Å². The van der Waals surface area contributed by atoms with Gasteiger partial charge in [-0.05, 0) is 42.5 Å². The van der Waals surface area contributed by atoms with Crippen molar-refractivity contribution in [2.75, 3.05) is 20.7 Å². The van der Waals surface area contributed by atoms with Gasteiger partial charge in [-0.1, -0.05) is 11.6 Å². The Kier molecular flexibility index (Phi) is 6.90. The minimum atomic E-state index is -4.48. The number of nitrogens with one attached hydrogen (secondary N) is 1. The third-order valence-corrected chi connectivity index (χ3v) is 4.19. The Morgan fingerprint density at radius 2 is 1.79 bits per heavy atom. The Morgan fingerprint density at radius 3 is 2.36 bits per heavy atom. The Balaban J connectivity index is 1.94. The average Bonchev–Trinajstić information content (AvgIpc) is 2.65. The van der Waals surface area contributed by atoms with Crippen molar-refractivity contribution in [2.24, 2.45) is 0 Å². The van der Waals surface area contributed by atoms with E-state index in [1.807, 2.05) is 0 Å². The second kappa shape index (κ2) is 8.97. The number of hydrogen-bond acceptors (Lipinski definition) is 3. The van der Waals surface area contributed by atoms with Crippen LogP contribution in [0.4, 0.5) is 13.2 Å². The van der Waals surface area contributed by atoms with E-state index in [4.69, 9.17) is 16.3 Å². The summed E-state index contributed by atoms with van der Waals surface area (Å²) in [6.07, 6.45) is -4.48. The van der Waals surface area contributed by atoms with Crippen LogP contribution in [-0.2, 0) is 17.5 Å². The molecule has 0 heterocycles. The fraction of sp³-hybridized carbons (Fsp3) is 0.263. The van der Waals surface area contributed by atoms with Crippen LogP contribution < -0.4 is 10.1 Å². The highest BCUT2D eigenvalue weighted by atomic mass is 35.5. The lowest BCUT2D eigenvalue weighted by molar-refractivity contribution is -0.137. The van der Waals surface area contributed by atoms with Gasteiger partial charge in [0.05, 0.1) is 19.2 Å². The SMILES string of the molecule is COc1ccc(Cl)cc1CN(C)C(=O)CNC(=O)c1ccc(C(F)(F)F)cc1. The zero-order chi connectivity index (χ0) is 20.9. The molecule has 0 radical (unpaired) electrons. The van der Waals surface area contributed by atoms with Gasteiger partial charge in [0, 0.05) is 29.7 Å². The van der Waals surface area contributed by atoms with E-state index in [9.17, 15) is 22.8 Å². The monoisotopic (exact) mass is 414 g/mol. The molecule has 2 aromatic rings. The topological polar surface area (TPSA) is 58.6 Å². The van der Waals surface area contributed by atoms with Gasteiger partial charge in [-0.3, -0.25) is 9.59 Å². The van der Waals surface area contributed by atoms with Crippen molar-refractivity contribution in [2.45, 2.75) is 12.7 Å². The Hall–Kier alpha value is -2.74. The van der Waals surface area contributed by atoms with E-state index < -0.39 is 17.6 Å². The van der Waals surface area contributed by atoms with Crippen LogP contribution >= 0.6 is 11.6 Å². The maximum Gasteiger partial charge on any atom is 0.416 e. The van der Waals surface area contributed by atoms with E-state index in [-0.39, 0.29) is 24.6 Å². The first kappa shape index (κ1) is 21.6. The van der Waals surface area contributed by atoms with Gasteiger partial charge in [0.15, 0.2) is 0 Å². The van der Waals surface area contributed by atoms with Gasteiger partial charge >= 0.3 is 6.18 Å². The second-order valence-corrected chi connectivity index (χ2v) is 6.40. The molecule has 0 aliphatic heterocycles. The maximum absolute atomic E-state index is 12.6. The summed E-state index contributed by atoms with van der Waals surface area (Å²) in [7, 11) is 3.05. The molecule has 0 aliphatic carbocycles. The minimum Gasteiger partial charge on any atom is -0.496 e. The summed E-state index contributed by atoms with van der Waals surface area (Å²) in [4.78, 5) is 25.7. The third-order valence-electron chi connectivity index (χ3n) is 3.95. The summed E-state index contributed by atoms with van der Waals surface area (Å²) >= 11 is 5.96. The molecular weight excluding hydrogens is 397 g/mol. The summed E-state index contributed by atoms with van der Waals surface area (Å²) in [6, 6.07) is 8.76. The molecule has 0 bridgehead atoms. The molecule has 150 valence electrons. The number of carbonyl (C=O) groups excluding carboxylic acids is 2. The lowest BCUT2D eigenvalue weighted by Crippen LogP contribution is -2.37. The van der Waals surface area contributed by atoms with Crippen molar-refractivity contribution >= 4 is 23.4 Å². The number of methoxy groups -OCH3 is 1. The zero-order valence-electron chi connectivity index (χ0n) is 15.1. The van der Waals surface area contributed by atoms with Gasteiger partial charge in [-0.25, -0.2) is 0 Å².